The van der Waals surface area contributed by atoms with Crippen molar-refractivity contribution < 1.29 is 39.3 Å². The SMILES string of the molecule is C[C@H](NC(=O)[C@H](CO)NC(=O)[C@H](CCCN=C(N)N)NC(=O)[C@@H](N)[C@@H](C)O)C(=O)N[C@@H](Cc1c[nH]c2ccccc12)C(=O)O. The molecule has 0 aliphatic rings. The zero-order chi connectivity index (χ0) is 33.0. The van der Waals surface area contributed by atoms with Crippen LogP contribution in [0.1, 0.15) is 32.3 Å². The largest absolute Gasteiger partial charge is 0.480 e. The Kier molecular flexibility index (Phi) is 13.5. The fourth-order valence-electron chi connectivity index (χ4n) is 4.12. The van der Waals surface area contributed by atoms with E-state index in [0.29, 0.717) is 5.56 Å². The number of aromatic nitrogens is 1. The Balaban J connectivity index is 2.04. The fraction of sp³-hybridized carbons (Fsp3) is 0.481. The minimum absolute atomic E-state index is 0.00641. The van der Waals surface area contributed by atoms with Gasteiger partial charge in [0.05, 0.1) is 12.7 Å². The normalized spacial score (nSPS) is 15.1. The minimum Gasteiger partial charge on any atom is -0.480 e. The van der Waals surface area contributed by atoms with E-state index in [1.165, 1.54) is 13.8 Å². The van der Waals surface area contributed by atoms with Crippen molar-refractivity contribution in [2.75, 3.05) is 13.2 Å². The van der Waals surface area contributed by atoms with E-state index in [-0.39, 0.29) is 31.8 Å². The molecule has 44 heavy (non-hydrogen) atoms. The highest BCUT2D eigenvalue weighted by atomic mass is 16.4. The number of amides is 4. The number of aliphatic hydroxyl groups is 2. The molecule has 0 aliphatic carbocycles. The highest BCUT2D eigenvalue weighted by Crippen LogP contribution is 2.19. The van der Waals surface area contributed by atoms with Gasteiger partial charge in [-0.25, -0.2) is 4.79 Å². The van der Waals surface area contributed by atoms with Gasteiger partial charge in [-0.15, -0.1) is 0 Å². The molecule has 1 aromatic carbocycles. The van der Waals surface area contributed by atoms with Gasteiger partial charge in [0.1, 0.15) is 30.2 Å². The Bertz CT molecular complexity index is 1340. The highest BCUT2D eigenvalue weighted by Gasteiger charge is 2.31. The number of carbonyl (C=O) groups is 5. The molecule has 0 spiro atoms. The van der Waals surface area contributed by atoms with Crippen LogP contribution in [0.15, 0.2) is 35.5 Å². The molecule has 17 heteroatoms. The third kappa shape index (κ3) is 10.5. The van der Waals surface area contributed by atoms with Crippen molar-refractivity contribution in [1.29, 1.82) is 0 Å². The van der Waals surface area contributed by atoms with Crippen LogP contribution in [0.2, 0.25) is 0 Å². The molecule has 242 valence electrons. The summed E-state index contributed by atoms with van der Waals surface area (Å²) in [5, 5.41) is 39.3. The van der Waals surface area contributed by atoms with Crippen molar-refractivity contribution in [3.05, 3.63) is 36.0 Å². The molecule has 0 unspecified atom stereocenters. The number of nitrogens with zero attached hydrogens (tertiary/aromatic N) is 1. The molecule has 4 amide bonds. The number of benzene rings is 1. The maximum atomic E-state index is 13.0. The first-order chi connectivity index (χ1) is 20.7. The Hall–Kier alpha value is -4.74. The van der Waals surface area contributed by atoms with E-state index in [1.54, 1.807) is 12.3 Å². The second-order valence-electron chi connectivity index (χ2n) is 10.2. The summed E-state index contributed by atoms with van der Waals surface area (Å²) in [6, 6.07) is 0.573. The molecule has 14 N–H and O–H groups in total. The molecule has 2 aromatic rings. The summed E-state index contributed by atoms with van der Waals surface area (Å²) in [6.45, 7) is 1.85. The zero-order valence-corrected chi connectivity index (χ0v) is 24.4. The molecule has 0 radical (unpaired) electrons. The van der Waals surface area contributed by atoms with E-state index in [2.05, 4.69) is 31.2 Å². The number of carboxylic acids is 1. The smallest absolute Gasteiger partial charge is 0.326 e. The second-order valence-corrected chi connectivity index (χ2v) is 10.2. The average molecular weight is 620 g/mol. The number of H-pyrrole nitrogens is 1. The number of guanidine groups is 1. The van der Waals surface area contributed by atoms with Crippen LogP contribution in [0.3, 0.4) is 0 Å². The molecule has 2 rings (SSSR count). The van der Waals surface area contributed by atoms with Crippen LogP contribution in [0.25, 0.3) is 10.9 Å². The molecule has 0 fully saturated rings. The molecule has 0 aliphatic heterocycles. The summed E-state index contributed by atoms with van der Waals surface area (Å²) in [6.07, 6.45) is 0.646. The Labute approximate surface area is 253 Å². The van der Waals surface area contributed by atoms with Gasteiger partial charge in [-0.1, -0.05) is 18.2 Å². The van der Waals surface area contributed by atoms with Crippen LogP contribution in [-0.2, 0) is 30.4 Å². The van der Waals surface area contributed by atoms with Gasteiger partial charge < -0.3 is 58.8 Å². The predicted molar refractivity (Wildman–Crippen MR) is 160 cm³/mol. The molecular formula is C27H41N9O8. The number of carbonyl (C=O) groups excluding carboxylic acids is 4. The van der Waals surface area contributed by atoms with Gasteiger partial charge in [0.2, 0.25) is 23.6 Å². The number of carboxylic acid groups (broad SMARTS) is 1. The number of fused-ring (bicyclic) bond motifs is 1. The maximum absolute atomic E-state index is 13.0. The van der Waals surface area contributed by atoms with Crippen LogP contribution in [0, 0.1) is 0 Å². The Morgan fingerprint density at radius 3 is 2.14 bits per heavy atom. The lowest BCUT2D eigenvalue weighted by Gasteiger charge is -2.25. The topological polar surface area (TPSA) is 300 Å². The van der Waals surface area contributed by atoms with Crippen molar-refractivity contribution >= 4 is 46.5 Å². The van der Waals surface area contributed by atoms with Gasteiger partial charge >= 0.3 is 5.97 Å². The first kappa shape index (κ1) is 35.5. The Morgan fingerprint density at radius 1 is 0.909 bits per heavy atom. The third-order valence-electron chi connectivity index (χ3n) is 6.68. The average Bonchev–Trinajstić information content (AvgIpc) is 3.38. The van der Waals surface area contributed by atoms with E-state index >= 15 is 0 Å². The molecule has 17 nitrogen and oxygen atoms in total. The lowest BCUT2D eigenvalue weighted by atomic mass is 10.0. The van der Waals surface area contributed by atoms with Crippen LogP contribution in [0.5, 0.6) is 0 Å². The first-order valence-electron chi connectivity index (χ1n) is 13.8. The number of hydrogen-bond acceptors (Lipinski definition) is 9. The van der Waals surface area contributed by atoms with Crippen LogP contribution in [-0.4, -0.2) is 105 Å². The lowest BCUT2D eigenvalue weighted by molar-refractivity contribution is -0.142. The molecule has 1 aromatic heterocycles. The van der Waals surface area contributed by atoms with Crippen LogP contribution in [0.4, 0.5) is 0 Å². The van der Waals surface area contributed by atoms with Crippen molar-refractivity contribution in [3.63, 3.8) is 0 Å². The number of aromatic amines is 1. The van der Waals surface area contributed by atoms with Crippen LogP contribution < -0.4 is 38.5 Å². The predicted octanol–water partition coefficient (Wildman–Crippen LogP) is -3.49. The van der Waals surface area contributed by atoms with Crippen molar-refractivity contribution in [1.82, 2.24) is 26.3 Å². The number of rotatable bonds is 17. The van der Waals surface area contributed by atoms with Crippen molar-refractivity contribution in [2.24, 2.45) is 22.2 Å². The molecular weight excluding hydrogens is 578 g/mol. The summed E-state index contributed by atoms with van der Waals surface area (Å²) in [7, 11) is 0. The third-order valence-corrected chi connectivity index (χ3v) is 6.68. The van der Waals surface area contributed by atoms with Gasteiger partial charge in [-0.3, -0.25) is 24.2 Å². The number of hydrogen-bond donors (Lipinski definition) is 11. The zero-order valence-electron chi connectivity index (χ0n) is 24.4. The fourth-order valence-corrected chi connectivity index (χ4v) is 4.12. The second kappa shape index (κ2) is 16.8. The van der Waals surface area contributed by atoms with E-state index < -0.39 is 72.5 Å². The van der Waals surface area contributed by atoms with Gasteiger partial charge in [-0.2, -0.15) is 0 Å². The summed E-state index contributed by atoms with van der Waals surface area (Å²) >= 11 is 0. The van der Waals surface area contributed by atoms with Gasteiger partial charge in [0.25, 0.3) is 0 Å². The summed E-state index contributed by atoms with van der Waals surface area (Å²) in [4.78, 5) is 69.8. The van der Waals surface area contributed by atoms with E-state index in [4.69, 9.17) is 17.2 Å². The number of para-hydroxylation sites is 1. The van der Waals surface area contributed by atoms with E-state index in [0.717, 1.165) is 10.9 Å². The van der Waals surface area contributed by atoms with Crippen molar-refractivity contribution in [2.45, 2.75) is 69.4 Å². The van der Waals surface area contributed by atoms with Crippen molar-refractivity contribution in [3.8, 4) is 0 Å². The maximum Gasteiger partial charge on any atom is 0.326 e. The summed E-state index contributed by atoms with van der Waals surface area (Å²) in [5.41, 5.74) is 17.7. The molecule has 6 atom stereocenters. The number of aliphatic carboxylic acids is 1. The lowest BCUT2D eigenvalue weighted by Crippen LogP contribution is -2.59. The quantitative estimate of drug-likeness (QED) is 0.0469. The van der Waals surface area contributed by atoms with E-state index in [1.807, 2.05) is 18.2 Å². The van der Waals surface area contributed by atoms with Crippen LogP contribution >= 0.6 is 0 Å². The standard InChI is InChI=1S/C27H41N9O8/c1-13(22(39)35-19(26(43)44)10-15-11-32-17-7-4-3-6-16(15)17)33-24(41)20(12-37)36-23(40)18(8-5-9-31-27(29)30)34-25(42)21(28)14(2)38/h3-4,6-7,11,13-14,18-21,32,37-38H,5,8-10,12,28H2,1-2H3,(H,33,41)(H,34,42)(H,35,39)(H,36,40)(H,43,44)(H4,29,30,31)/t13-,14+,18-,19-,20-,21-/m0/s1. The number of nitrogens with one attached hydrogen (secondary N) is 5. The highest BCUT2D eigenvalue weighted by molar-refractivity contribution is 5.95. The number of aliphatic hydroxyl groups excluding tert-OH is 2. The number of aliphatic imine (C=N–C) groups is 1. The van der Waals surface area contributed by atoms with Gasteiger partial charge in [-0.05, 0) is 38.3 Å². The molecule has 0 saturated carbocycles. The molecule has 0 saturated heterocycles. The van der Waals surface area contributed by atoms with Gasteiger partial charge in [0, 0.05) is 30.1 Å². The first-order valence-corrected chi connectivity index (χ1v) is 13.8. The summed E-state index contributed by atoms with van der Waals surface area (Å²) < 4.78 is 0. The minimum atomic E-state index is -1.54. The Morgan fingerprint density at radius 2 is 1.52 bits per heavy atom. The monoisotopic (exact) mass is 619 g/mol. The van der Waals surface area contributed by atoms with Gasteiger partial charge in [0.15, 0.2) is 5.96 Å². The number of nitrogens with two attached hydrogens (primary N) is 3. The molecule has 0 bridgehead atoms. The van der Waals surface area contributed by atoms with E-state index in [9.17, 15) is 39.3 Å². The molecule has 1 heterocycles. The summed E-state index contributed by atoms with van der Waals surface area (Å²) in [5.74, 6) is -4.92.